The summed E-state index contributed by atoms with van der Waals surface area (Å²) in [7, 11) is 0. The molecule has 0 radical (unpaired) electrons. The average Bonchev–Trinajstić information content (AvgIpc) is 2.75. The predicted molar refractivity (Wildman–Crippen MR) is 62.8 cm³/mol. The smallest absolute Gasteiger partial charge is 0.243 e. The Hall–Kier alpha value is -1.32. The van der Waals surface area contributed by atoms with Crippen molar-refractivity contribution in [2.45, 2.75) is 38.6 Å². The molecule has 90 valence electrons. The van der Waals surface area contributed by atoms with E-state index in [9.17, 15) is 9.59 Å². The first-order chi connectivity index (χ1) is 7.65. The zero-order chi connectivity index (χ0) is 12.0. The number of amides is 2. The van der Waals surface area contributed by atoms with Gasteiger partial charge in [-0.05, 0) is 18.8 Å². The third kappa shape index (κ3) is 3.68. The Morgan fingerprint density at radius 1 is 1.44 bits per heavy atom. The molecular weight excluding hydrogens is 204 g/mol. The molecule has 1 fully saturated rings. The minimum Gasteiger partial charge on any atom is -0.351 e. The van der Waals surface area contributed by atoms with Crippen molar-refractivity contribution < 1.29 is 9.59 Å². The van der Waals surface area contributed by atoms with E-state index in [-0.39, 0.29) is 23.8 Å². The van der Waals surface area contributed by atoms with Crippen LogP contribution in [0.5, 0.6) is 0 Å². The monoisotopic (exact) mass is 224 g/mol. The molecule has 0 bridgehead atoms. The second-order valence-electron chi connectivity index (χ2n) is 4.26. The van der Waals surface area contributed by atoms with Gasteiger partial charge in [0.15, 0.2) is 0 Å². The van der Waals surface area contributed by atoms with Crippen molar-refractivity contribution in [3.63, 3.8) is 0 Å². The topological polar surface area (TPSA) is 58.2 Å². The van der Waals surface area contributed by atoms with E-state index in [0.29, 0.717) is 6.54 Å². The van der Waals surface area contributed by atoms with E-state index in [1.54, 1.807) is 6.08 Å². The van der Waals surface area contributed by atoms with Gasteiger partial charge in [-0.1, -0.05) is 18.9 Å². The first kappa shape index (κ1) is 12.7. The van der Waals surface area contributed by atoms with Gasteiger partial charge in [-0.15, -0.1) is 6.58 Å². The van der Waals surface area contributed by atoms with Crippen LogP contribution in [0.15, 0.2) is 12.7 Å². The summed E-state index contributed by atoms with van der Waals surface area (Å²) in [5.41, 5.74) is 0. The van der Waals surface area contributed by atoms with Gasteiger partial charge < -0.3 is 10.6 Å². The fourth-order valence-electron chi connectivity index (χ4n) is 2.19. The van der Waals surface area contributed by atoms with E-state index < -0.39 is 0 Å². The van der Waals surface area contributed by atoms with Gasteiger partial charge >= 0.3 is 0 Å². The van der Waals surface area contributed by atoms with Crippen LogP contribution in [0.4, 0.5) is 0 Å². The maximum Gasteiger partial charge on any atom is 0.243 e. The molecule has 0 aromatic carbocycles. The Bertz CT molecular complexity index is 270. The van der Waals surface area contributed by atoms with Crippen molar-refractivity contribution in [3.8, 4) is 0 Å². The molecule has 1 atom stereocenters. The van der Waals surface area contributed by atoms with Crippen LogP contribution in [0.3, 0.4) is 0 Å². The van der Waals surface area contributed by atoms with E-state index in [1.165, 1.54) is 6.92 Å². The Kier molecular flexibility index (Phi) is 5.02. The van der Waals surface area contributed by atoms with Crippen molar-refractivity contribution in [2.75, 3.05) is 6.54 Å². The van der Waals surface area contributed by atoms with E-state index in [4.69, 9.17) is 0 Å². The highest BCUT2D eigenvalue weighted by atomic mass is 16.2. The molecule has 4 nitrogen and oxygen atoms in total. The van der Waals surface area contributed by atoms with Gasteiger partial charge in [0.25, 0.3) is 0 Å². The summed E-state index contributed by atoms with van der Waals surface area (Å²) in [4.78, 5) is 22.9. The van der Waals surface area contributed by atoms with E-state index in [1.807, 2.05) is 0 Å². The molecule has 2 amide bonds. The number of carbonyl (C=O) groups is 2. The Morgan fingerprint density at radius 2 is 2.06 bits per heavy atom. The van der Waals surface area contributed by atoms with Crippen LogP contribution in [-0.2, 0) is 9.59 Å². The Morgan fingerprint density at radius 3 is 2.56 bits per heavy atom. The summed E-state index contributed by atoms with van der Waals surface area (Å²) in [5.74, 6) is 0.0429. The third-order valence-corrected chi connectivity index (χ3v) is 2.93. The molecule has 4 heteroatoms. The summed E-state index contributed by atoms with van der Waals surface area (Å²) in [5, 5.41) is 5.49. The van der Waals surface area contributed by atoms with Crippen molar-refractivity contribution in [1.82, 2.24) is 10.6 Å². The minimum atomic E-state index is -0.375. The van der Waals surface area contributed by atoms with Crippen LogP contribution in [0, 0.1) is 5.92 Å². The molecule has 1 aliphatic carbocycles. The van der Waals surface area contributed by atoms with Gasteiger partial charge in [-0.2, -0.15) is 0 Å². The minimum absolute atomic E-state index is 0.0954. The van der Waals surface area contributed by atoms with Crippen LogP contribution in [0.25, 0.3) is 0 Å². The standard InChI is InChI=1S/C12H20N2O2/c1-3-8-13-12(16)11(14-9(2)15)10-6-4-5-7-10/h3,10-11H,1,4-8H2,2H3,(H,13,16)(H,14,15). The first-order valence-corrected chi connectivity index (χ1v) is 5.81. The van der Waals surface area contributed by atoms with Crippen LogP contribution in [0.2, 0.25) is 0 Å². The SMILES string of the molecule is C=CCNC(=O)C(NC(C)=O)C1CCCC1. The first-order valence-electron chi connectivity index (χ1n) is 5.81. The van der Waals surface area contributed by atoms with Crippen molar-refractivity contribution in [2.24, 2.45) is 5.92 Å². The van der Waals surface area contributed by atoms with Crippen molar-refractivity contribution in [3.05, 3.63) is 12.7 Å². The Labute approximate surface area is 96.5 Å². The highest BCUT2D eigenvalue weighted by Gasteiger charge is 2.30. The lowest BCUT2D eigenvalue weighted by molar-refractivity contribution is -0.129. The summed E-state index contributed by atoms with van der Waals surface area (Å²) in [6, 6.07) is -0.375. The normalized spacial score (nSPS) is 17.8. The van der Waals surface area contributed by atoms with Crippen molar-refractivity contribution >= 4 is 11.8 Å². The van der Waals surface area contributed by atoms with Crippen LogP contribution in [0.1, 0.15) is 32.6 Å². The van der Waals surface area contributed by atoms with Crippen LogP contribution in [-0.4, -0.2) is 24.4 Å². The number of rotatable bonds is 5. The molecule has 1 rings (SSSR count). The van der Waals surface area contributed by atoms with Crippen molar-refractivity contribution in [1.29, 1.82) is 0 Å². The van der Waals surface area contributed by atoms with Gasteiger partial charge in [0.1, 0.15) is 6.04 Å². The second kappa shape index (κ2) is 6.30. The fourth-order valence-corrected chi connectivity index (χ4v) is 2.19. The maximum atomic E-state index is 11.9. The number of hydrogen-bond donors (Lipinski definition) is 2. The molecule has 0 aliphatic heterocycles. The van der Waals surface area contributed by atoms with Gasteiger partial charge in [-0.3, -0.25) is 9.59 Å². The molecule has 1 unspecified atom stereocenters. The van der Waals surface area contributed by atoms with Gasteiger partial charge in [0.05, 0.1) is 0 Å². The summed E-state index contributed by atoms with van der Waals surface area (Å²) in [6.07, 6.45) is 5.97. The molecule has 0 spiro atoms. The zero-order valence-electron chi connectivity index (χ0n) is 9.79. The van der Waals surface area contributed by atoms with E-state index >= 15 is 0 Å². The van der Waals surface area contributed by atoms with Gasteiger partial charge in [-0.25, -0.2) is 0 Å². The molecule has 0 aromatic heterocycles. The Balaban J connectivity index is 2.57. The molecule has 1 aliphatic rings. The molecule has 16 heavy (non-hydrogen) atoms. The van der Waals surface area contributed by atoms with E-state index in [2.05, 4.69) is 17.2 Å². The predicted octanol–water partition coefficient (Wildman–Crippen LogP) is 0.983. The zero-order valence-corrected chi connectivity index (χ0v) is 9.79. The van der Waals surface area contributed by atoms with Gasteiger partial charge in [0.2, 0.25) is 11.8 Å². The lowest BCUT2D eigenvalue weighted by Gasteiger charge is -2.22. The van der Waals surface area contributed by atoms with Crippen LogP contribution < -0.4 is 10.6 Å². The number of hydrogen-bond acceptors (Lipinski definition) is 2. The maximum absolute atomic E-state index is 11.9. The highest BCUT2D eigenvalue weighted by Crippen LogP contribution is 2.27. The second-order valence-corrected chi connectivity index (χ2v) is 4.26. The molecule has 0 saturated heterocycles. The molecule has 0 heterocycles. The lowest BCUT2D eigenvalue weighted by Crippen LogP contribution is -2.49. The third-order valence-electron chi connectivity index (χ3n) is 2.93. The molecule has 2 N–H and O–H groups in total. The van der Waals surface area contributed by atoms with Gasteiger partial charge in [0, 0.05) is 13.5 Å². The summed E-state index contributed by atoms with van der Waals surface area (Å²) in [6.45, 7) is 5.44. The van der Waals surface area contributed by atoms with E-state index in [0.717, 1.165) is 25.7 Å². The summed E-state index contributed by atoms with van der Waals surface area (Å²) >= 11 is 0. The summed E-state index contributed by atoms with van der Waals surface area (Å²) < 4.78 is 0. The largest absolute Gasteiger partial charge is 0.351 e. The lowest BCUT2D eigenvalue weighted by atomic mass is 9.97. The highest BCUT2D eigenvalue weighted by molar-refractivity contribution is 5.87. The number of nitrogens with one attached hydrogen (secondary N) is 2. The van der Waals surface area contributed by atoms with Crippen LogP contribution >= 0.6 is 0 Å². The molecule has 0 aromatic rings. The molecule has 1 saturated carbocycles. The fraction of sp³-hybridized carbons (Fsp3) is 0.667. The quantitative estimate of drug-likeness (QED) is 0.684. The number of carbonyl (C=O) groups excluding carboxylic acids is 2. The average molecular weight is 224 g/mol. The molecular formula is C12H20N2O2.